The van der Waals surface area contributed by atoms with E-state index in [2.05, 4.69) is 5.32 Å². The number of para-hydroxylation sites is 1. The van der Waals surface area contributed by atoms with Crippen LogP contribution in [-0.4, -0.2) is 20.2 Å². The summed E-state index contributed by atoms with van der Waals surface area (Å²) in [7, 11) is 2.96. The minimum absolute atomic E-state index is 0.361. The van der Waals surface area contributed by atoms with E-state index in [1.54, 1.807) is 7.11 Å². The zero-order valence-corrected chi connectivity index (χ0v) is 12.4. The third-order valence-corrected chi connectivity index (χ3v) is 3.25. The van der Waals surface area contributed by atoms with Gasteiger partial charge in [-0.2, -0.15) is 0 Å². The van der Waals surface area contributed by atoms with E-state index in [0.29, 0.717) is 5.75 Å². The van der Waals surface area contributed by atoms with Gasteiger partial charge in [0.15, 0.2) is 6.04 Å². The van der Waals surface area contributed by atoms with E-state index in [4.69, 9.17) is 9.47 Å². The second-order valence-electron chi connectivity index (χ2n) is 4.71. The molecule has 0 heterocycles. The summed E-state index contributed by atoms with van der Waals surface area (Å²) in [5.41, 5.74) is 2.75. The van der Waals surface area contributed by atoms with Crippen LogP contribution in [0.4, 0.5) is 5.69 Å². The normalized spacial score (nSPS) is 11.6. The van der Waals surface area contributed by atoms with Gasteiger partial charge in [0.1, 0.15) is 5.75 Å². The van der Waals surface area contributed by atoms with Crippen molar-refractivity contribution >= 4 is 11.7 Å². The fraction of sp³-hybridized carbons (Fsp3) is 0.235. The van der Waals surface area contributed by atoms with Gasteiger partial charge in [-0.3, -0.25) is 0 Å². The third kappa shape index (κ3) is 3.54. The first-order chi connectivity index (χ1) is 10.2. The molecule has 2 rings (SSSR count). The van der Waals surface area contributed by atoms with Gasteiger partial charge in [-0.25, -0.2) is 4.79 Å². The highest BCUT2D eigenvalue weighted by Crippen LogP contribution is 2.28. The smallest absolute Gasteiger partial charge is 0.333 e. The molecule has 1 N–H and O–H groups in total. The fourth-order valence-corrected chi connectivity index (χ4v) is 2.10. The maximum atomic E-state index is 12.1. The van der Waals surface area contributed by atoms with Crippen molar-refractivity contribution in [2.75, 3.05) is 19.5 Å². The van der Waals surface area contributed by atoms with Crippen LogP contribution in [0.1, 0.15) is 17.2 Å². The molecule has 110 valence electrons. The summed E-state index contributed by atoms with van der Waals surface area (Å²) in [6.45, 7) is 2.02. The number of methoxy groups -OCH3 is 2. The zero-order valence-electron chi connectivity index (χ0n) is 12.4. The number of anilines is 1. The largest absolute Gasteiger partial charge is 0.496 e. The van der Waals surface area contributed by atoms with Gasteiger partial charge in [0.05, 0.1) is 14.2 Å². The molecule has 0 aromatic heterocycles. The first kappa shape index (κ1) is 14.9. The van der Waals surface area contributed by atoms with Crippen LogP contribution in [0, 0.1) is 6.92 Å². The van der Waals surface area contributed by atoms with Crippen molar-refractivity contribution < 1.29 is 14.3 Å². The third-order valence-electron chi connectivity index (χ3n) is 3.25. The van der Waals surface area contributed by atoms with E-state index in [1.165, 1.54) is 7.11 Å². The Morgan fingerprint density at radius 1 is 1.05 bits per heavy atom. The molecule has 0 spiro atoms. The first-order valence-electron chi connectivity index (χ1n) is 6.69. The lowest BCUT2D eigenvalue weighted by Crippen LogP contribution is -2.22. The lowest BCUT2D eigenvalue weighted by Gasteiger charge is -2.20. The predicted octanol–water partition coefficient (Wildman–Crippen LogP) is 3.33. The maximum Gasteiger partial charge on any atom is 0.333 e. The topological polar surface area (TPSA) is 47.6 Å². The number of hydrogen-bond donors (Lipinski definition) is 1. The molecule has 4 nitrogen and oxygen atoms in total. The van der Waals surface area contributed by atoms with Crippen molar-refractivity contribution in [3.05, 3.63) is 59.7 Å². The summed E-state index contributed by atoms with van der Waals surface area (Å²) in [6.07, 6.45) is 0. The molecule has 0 radical (unpaired) electrons. The summed E-state index contributed by atoms with van der Waals surface area (Å²) in [6, 6.07) is 14.6. The molecule has 0 aliphatic heterocycles. The highest BCUT2D eigenvalue weighted by Gasteiger charge is 2.24. The second-order valence-corrected chi connectivity index (χ2v) is 4.71. The zero-order chi connectivity index (χ0) is 15.2. The van der Waals surface area contributed by atoms with Crippen molar-refractivity contribution in [1.82, 2.24) is 0 Å². The second kappa shape index (κ2) is 6.79. The van der Waals surface area contributed by atoms with E-state index >= 15 is 0 Å². The van der Waals surface area contributed by atoms with Crippen molar-refractivity contribution in [1.29, 1.82) is 0 Å². The molecule has 21 heavy (non-hydrogen) atoms. The molecule has 0 saturated carbocycles. The number of carbonyl (C=O) groups is 1. The lowest BCUT2D eigenvalue weighted by atomic mass is 10.0. The van der Waals surface area contributed by atoms with E-state index in [0.717, 1.165) is 16.8 Å². The summed E-state index contributed by atoms with van der Waals surface area (Å²) in [4.78, 5) is 12.1. The van der Waals surface area contributed by atoms with Crippen molar-refractivity contribution in [3.63, 3.8) is 0 Å². The molecule has 0 saturated heterocycles. The quantitative estimate of drug-likeness (QED) is 0.856. The van der Waals surface area contributed by atoms with Gasteiger partial charge in [-0.1, -0.05) is 35.9 Å². The van der Waals surface area contributed by atoms with Gasteiger partial charge in [-0.05, 0) is 25.1 Å². The van der Waals surface area contributed by atoms with Gasteiger partial charge in [0, 0.05) is 11.3 Å². The molecule has 0 amide bonds. The molecule has 0 aliphatic rings. The molecule has 1 atom stereocenters. The molecule has 2 aromatic rings. The highest BCUT2D eigenvalue weighted by atomic mass is 16.5. The van der Waals surface area contributed by atoms with Crippen molar-refractivity contribution in [2.24, 2.45) is 0 Å². The van der Waals surface area contributed by atoms with Gasteiger partial charge in [-0.15, -0.1) is 0 Å². The summed E-state index contributed by atoms with van der Waals surface area (Å²) in [5.74, 6) is 0.285. The molecule has 0 fully saturated rings. The number of nitrogens with one attached hydrogen (secondary N) is 1. The molecular formula is C17H19NO3. The van der Waals surface area contributed by atoms with Crippen LogP contribution in [0.3, 0.4) is 0 Å². The van der Waals surface area contributed by atoms with Crippen LogP contribution in [0.2, 0.25) is 0 Å². The van der Waals surface area contributed by atoms with Crippen molar-refractivity contribution in [2.45, 2.75) is 13.0 Å². The number of ether oxygens (including phenoxy) is 2. The molecule has 0 bridgehead atoms. The minimum atomic E-state index is -0.617. The van der Waals surface area contributed by atoms with Crippen LogP contribution >= 0.6 is 0 Å². The van der Waals surface area contributed by atoms with Gasteiger partial charge >= 0.3 is 5.97 Å². The standard InChI is InChI=1S/C17H19NO3/c1-12-8-10-13(11-9-12)18-16(17(19)21-3)14-6-4-5-7-15(14)20-2/h4-11,16,18H,1-3H3. The van der Waals surface area contributed by atoms with E-state index in [-0.39, 0.29) is 5.97 Å². The molecule has 4 heteroatoms. The van der Waals surface area contributed by atoms with Gasteiger partial charge in [0.25, 0.3) is 0 Å². The summed E-state index contributed by atoms with van der Waals surface area (Å²) < 4.78 is 10.2. The molecular weight excluding hydrogens is 266 g/mol. The van der Waals surface area contributed by atoms with Crippen LogP contribution in [0.25, 0.3) is 0 Å². The number of carbonyl (C=O) groups excluding carboxylic acids is 1. The molecule has 0 aliphatic carbocycles. The van der Waals surface area contributed by atoms with Crippen molar-refractivity contribution in [3.8, 4) is 5.75 Å². The number of hydrogen-bond acceptors (Lipinski definition) is 4. The SMILES string of the molecule is COC(=O)C(Nc1ccc(C)cc1)c1ccccc1OC. The highest BCUT2D eigenvalue weighted by molar-refractivity contribution is 5.82. The Bertz CT molecular complexity index is 608. The average molecular weight is 285 g/mol. The number of aryl methyl sites for hydroxylation is 1. The monoisotopic (exact) mass is 285 g/mol. The van der Waals surface area contributed by atoms with E-state index in [1.807, 2.05) is 55.5 Å². The lowest BCUT2D eigenvalue weighted by molar-refractivity contribution is -0.141. The van der Waals surface area contributed by atoms with E-state index < -0.39 is 6.04 Å². The maximum absolute atomic E-state index is 12.1. The minimum Gasteiger partial charge on any atom is -0.496 e. The molecule has 2 aromatic carbocycles. The summed E-state index contributed by atoms with van der Waals surface area (Å²) >= 11 is 0. The fourth-order valence-electron chi connectivity index (χ4n) is 2.10. The van der Waals surface area contributed by atoms with Gasteiger partial charge in [0.2, 0.25) is 0 Å². The number of rotatable bonds is 5. The van der Waals surface area contributed by atoms with Crippen LogP contribution in [0.5, 0.6) is 5.75 Å². The van der Waals surface area contributed by atoms with Gasteiger partial charge < -0.3 is 14.8 Å². The Hall–Kier alpha value is -2.49. The average Bonchev–Trinajstić information content (AvgIpc) is 2.53. The van der Waals surface area contributed by atoms with Crippen LogP contribution in [-0.2, 0) is 9.53 Å². The Labute approximate surface area is 124 Å². The Balaban J connectivity index is 2.34. The van der Waals surface area contributed by atoms with Crippen LogP contribution < -0.4 is 10.1 Å². The number of esters is 1. The Morgan fingerprint density at radius 2 is 1.71 bits per heavy atom. The number of benzene rings is 2. The first-order valence-corrected chi connectivity index (χ1v) is 6.69. The van der Waals surface area contributed by atoms with E-state index in [9.17, 15) is 4.79 Å². The predicted molar refractivity (Wildman–Crippen MR) is 82.6 cm³/mol. The Morgan fingerprint density at radius 3 is 2.33 bits per heavy atom. The summed E-state index contributed by atoms with van der Waals surface area (Å²) in [5, 5.41) is 3.19. The molecule has 1 unspecified atom stereocenters. The van der Waals surface area contributed by atoms with Crippen LogP contribution in [0.15, 0.2) is 48.5 Å². The Kier molecular flexibility index (Phi) is 4.82.